The summed E-state index contributed by atoms with van der Waals surface area (Å²) in [6.07, 6.45) is 0.429. The molecule has 0 aliphatic rings. The summed E-state index contributed by atoms with van der Waals surface area (Å²) in [5.41, 5.74) is 0.619. The summed E-state index contributed by atoms with van der Waals surface area (Å²) in [6.45, 7) is 1.90. The van der Waals surface area contributed by atoms with Gasteiger partial charge in [-0.2, -0.15) is 4.98 Å². The van der Waals surface area contributed by atoms with Crippen molar-refractivity contribution in [2.24, 2.45) is 0 Å². The number of hydrogen-bond acceptors (Lipinski definition) is 5. The van der Waals surface area contributed by atoms with E-state index >= 15 is 0 Å². The highest BCUT2D eigenvalue weighted by Gasteiger charge is 2.09. The number of aromatic hydroxyl groups is 1. The number of halogens is 1. The molecule has 0 bridgehead atoms. The van der Waals surface area contributed by atoms with E-state index in [4.69, 9.17) is 0 Å². The molecule has 84 valence electrons. The van der Waals surface area contributed by atoms with Crippen LogP contribution in [0, 0.1) is 10.5 Å². The van der Waals surface area contributed by atoms with Gasteiger partial charge in [-0.1, -0.05) is 0 Å². The summed E-state index contributed by atoms with van der Waals surface area (Å²) < 4.78 is 0.205. The quantitative estimate of drug-likeness (QED) is 0.805. The average Bonchev–Trinajstić information content (AvgIpc) is 2.60. The molecule has 0 aliphatic carbocycles. The SMILES string of the molecule is Cc1csc(Cc2nc(O)c(I)c(=O)[nH]2)n1. The molecule has 0 saturated carbocycles. The van der Waals surface area contributed by atoms with Crippen LogP contribution < -0.4 is 5.56 Å². The van der Waals surface area contributed by atoms with Gasteiger partial charge in [0.1, 0.15) is 14.4 Å². The van der Waals surface area contributed by atoms with E-state index in [-0.39, 0.29) is 15.0 Å². The van der Waals surface area contributed by atoms with E-state index in [0.717, 1.165) is 10.7 Å². The van der Waals surface area contributed by atoms with Crippen molar-refractivity contribution in [1.29, 1.82) is 0 Å². The molecule has 0 saturated heterocycles. The number of thiazole rings is 1. The van der Waals surface area contributed by atoms with Gasteiger partial charge < -0.3 is 10.1 Å². The summed E-state index contributed by atoms with van der Waals surface area (Å²) in [5.74, 6) is 0.199. The van der Waals surface area contributed by atoms with E-state index in [1.165, 1.54) is 11.3 Å². The number of nitrogens with zero attached hydrogens (tertiary/aromatic N) is 2. The zero-order valence-electron chi connectivity index (χ0n) is 8.32. The minimum atomic E-state index is -0.323. The van der Waals surface area contributed by atoms with Crippen LogP contribution in [0.1, 0.15) is 16.5 Å². The van der Waals surface area contributed by atoms with Crippen LogP contribution in [0.15, 0.2) is 10.2 Å². The number of aryl methyl sites for hydroxylation is 1. The molecule has 0 spiro atoms. The van der Waals surface area contributed by atoms with E-state index in [0.29, 0.717) is 12.2 Å². The summed E-state index contributed by atoms with van der Waals surface area (Å²) in [5, 5.41) is 12.2. The Morgan fingerprint density at radius 2 is 2.31 bits per heavy atom. The lowest BCUT2D eigenvalue weighted by Gasteiger charge is -1.99. The van der Waals surface area contributed by atoms with Crippen molar-refractivity contribution in [1.82, 2.24) is 15.0 Å². The molecule has 0 fully saturated rings. The zero-order valence-corrected chi connectivity index (χ0v) is 11.3. The number of rotatable bonds is 2. The molecule has 0 atom stereocenters. The van der Waals surface area contributed by atoms with Gasteiger partial charge in [0.15, 0.2) is 0 Å². The maximum Gasteiger partial charge on any atom is 0.268 e. The van der Waals surface area contributed by atoms with Gasteiger partial charge in [-0.3, -0.25) is 4.79 Å². The van der Waals surface area contributed by atoms with Crippen LogP contribution >= 0.6 is 33.9 Å². The van der Waals surface area contributed by atoms with Crippen molar-refractivity contribution in [2.45, 2.75) is 13.3 Å². The molecule has 0 aliphatic heterocycles. The Hall–Kier alpha value is -0.960. The van der Waals surface area contributed by atoms with Crippen LogP contribution in [0.4, 0.5) is 0 Å². The maximum atomic E-state index is 11.4. The van der Waals surface area contributed by atoms with Gasteiger partial charge >= 0.3 is 0 Å². The Morgan fingerprint density at radius 3 is 2.88 bits per heavy atom. The lowest BCUT2D eigenvalue weighted by atomic mass is 10.4. The first-order chi connectivity index (χ1) is 7.56. The predicted octanol–water partition coefficient (Wildman–Crippen LogP) is 1.44. The number of hydrogen-bond donors (Lipinski definition) is 2. The number of nitrogens with one attached hydrogen (secondary N) is 1. The highest BCUT2D eigenvalue weighted by atomic mass is 127. The number of H-pyrrole nitrogens is 1. The highest BCUT2D eigenvalue weighted by molar-refractivity contribution is 14.1. The van der Waals surface area contributed by atoms with E-state index < -0.39 is 0 Å². The largest absolute Gasteiger partial charge is 0.492 e. The number of aromatic nitrogens is 3. The molecule has 0 unspecified atom stereocenters. The van der Waals surface area contributed by atoms with E-state index in [1.54, 1.807) is 22.6 Å². The summed E-state index contributed by atoms with van der Waals surface area (Å²) in [4.78, 5) is 22.1. The molecular weight excluding hydrogens is 341 g/mol. The smallest absolute Gasteiger partial charge is 0.268 e. The summed E-state index contributed by atoms with van der Waals surface area (Å²) in [6, 6.07) is 0. The second-order valence-electron chi connectivity index (χ2n) is 3.21. The molecule has 5 nitrogen and oxygen atoms in total. The van der Waals surface area contributed by atoms with Crippen molar-refractivity contribution in [3.63, 3.8) is 0 Å². The van der Waals surface area contributed by atoms with Crippen molar-refractivity contribution >= 4 is 33.9 Å². The minimum absolute atomic E-state index is 0.205. The molecule has 16 heavy (non-hydrogen) atoms. The first kappa shape index (κ1) is 11.5. The first-order valence-electron chi connectivity index (χ1n) is 4.45. The second-order valence-corrected chi connectivity index (χ2v) is 5.23. The van der Waals surface area contributed by atoms with Gasteiger partial charge in [0.05, 0.1) is 6.42 Å². The van der Waals surface area contributed by atoms with Crippen molar-refractivity contribution in [3.8, 4) is 5.88 Å². The molecule has 2 aromatic rings. The third-order valence-corrected chi connectivity index (χ3v) is 3.82. The van der Waals surface area contributed by atoms with Crippen molar-refractivity contribution in [3.05, 3.63) is 35.8 Å². The molecule has 2 N–H and O–H groups in total. The third kappa shape index (κ3) is 2.40. The fourth-order valence-corrected chi connectivity index (χ4v) is 2.23. The van der Waals surface area contributed by atoms with Crippen LogP contribution in [0.3, 0.4) is 0 Å². The van der Waals surface area contributed by atoms with Crippen molar-refractivity contribution < 1.29 is 5.11 Å². The normalized spacial score (nSPS) is 10.6. The van der Waals surface area contributed by atoms with Crippen LogP contribution in [-0.4, -0.2) is 20.1 Å². The van der Waals surface area contributed by atoms with Gasteiger partial charge in [-0.15, -0.1) is 11.3 Å². The fourth-order valence-electron chi connectivity index (χ4n) is 1.20. The Bertz CT molecular complexity index is 578. The first-order valence-corrected chi connectivity index (χ1v) is 6.41. The summed E-state index contributed by atoms with van der Waals surface area (Å²) >= 11 is 3.26. The topological polar surface area (TPSA) is 78.9 Å². The highest BCUT2D eigenvalue weighted by Crippen LogP contribution is 2.15. The molecule has 0 aromatic carbocycles. The van der Waals surface area contributed by atoms with Crippen LogP contribution in [0.2, 0.25) is 0 Å². The van der Waals surface area contributed by atoms with Crippen LogP contribution in [0.5, 0.6) is 5.88 Å². The predicted molar refractivity (Wildman–Crippen MR) is 68.9 cm³/mol. The molecule has 7 heteroatoms. The molecular formula is C9H8IN3O2S. The van der Waals surface area contributed by atoms with E-state index in [2.05, 4.69) is 15.0 Å². The molecule has 2 aromatic heterocycles. The second kappa shape index (κ2) is 4.50. The zero-order chi connectivity index (χ0) is 11.7. The average molecular weight is 349 g/mol. The number of aromatic amines is 1. The molecule has 2 rings (SSSR count). The van der Waals surface area contributed by atoms with Gasteiger partial charge in [-0.05, 0) is 29.5 Å². The third-order valence-electron chi connectivity index (χ3n) is 1.88. The maximum absolute atomic E-state index is 11.4. The summed E-state index contributed by atoms with van der Waals surface area (Å²) in [7, 11) is 0. The standard InChI is InChI=1S/C9H8IN3O2S/c1-4-3-16-6(11-4)2-5-12-8(14)7(10)9(15)13-5/h3H,2H2,1H3,(H2,12,13,14,15). The lowest BCUT2D eigenvalue weighted by molar-refractivity contribution is 0.443. The fraction of sp³-hybridized carbons (Fsp3) is 0.222. The Morgan fingerprint density at radius 1 is 1.56 bits per heavy atom. The minimum Gasteiger partial charge on any atom is -0.492 e. The van der Waals surface area contributed by atoms with Gasteiger partial charge in [-0.25, -0.2) is 4.98 Å². The van der Waals surface area contributed by atoms with Gasteiger partial charge in [0.25, 0.3) is 5.56 Å². The van der Waals surface area contributed by atoms with E-state index in [9.17, 15) is 9.90 Å². The Kier molecular flexibility index (Phi) is 3.24. The van der Waals surface area contributed by atoms with Gasteiger partial charge in [0.2, 0.25) is 5.88 Å². The molecule has 0 radical (unpaired) electrons. The molecule has 0 amide bonds. The monoisotopic (exact) mass is 349 g/mol. The lowest BCUT2D eigenvalue weighted by Crippen LogP contribution is -2.14. The van der Waals surface area contributed by atoms with E-state index in [1.807, 2.05) is 12.3 Å². The van der Waals surface area contributed by atoms with Crippen molar-refractivity contribution in [2.75, 3.05) is 0 Å². The molecule has 2 heterocycles. The Labute approximate surface area is 109 Å². The van der Waals surface area contributed by atoms with Crippen LogP contribution in [-0.2, 0) is 6.42 Å². The van der Waals surface area contributed by atoms with Gasteiger partial charge in [0, 0.05) is 11.1 Å². The Balaban J connectivity index is 2.32. The van der Waals surface area contributed by atoms with Crippen LogP contribution in [0.25, 0.3) is 0 Å².